The Morgan fingerprint density at radius 3 is 2.67 bits per heavy atom. The Balaban J connectivity index is 0.00000208. The highest BCUT2D eigenvalue weighted by Gasteiger charge is 2.31. The number of aromatic nitrogens is 1. The van der Waals surface area contributed by atoms with Gasteiger partial charge >= 0.3 is 6.36 Å². The molecule has 2 N–H and O–H groups in total. The van der Waals surface area contributed by atoms with E-state index in [1.165, 1.54) is 30.5 Å². The molecule has 1 unspecified atom stereocenters. The lowest BCUT2D eigenvalue weighted by Crippen LogP contribution is -2.27. The molecule has 0 saturated carbocycles. The van der Waals surface area contributed by atoms with Gasteiger partial charge in [0, 0.05) is 28.7 Å². The van der Waals surface area contributed by atoms with E-state index in [1.807, 2.05) is 0 Å². The Labute approximate surface area is 145 Å². The van der Waals surface area contributed by atoms with Crippen LogP contribution < -0.4 is 10.1 Å². The lowest BCUT2D eigenvalue weighted by atomic mass is 9.96. The van der Waals surface area contributed by atoms with Gasteiger partial charge in [-0.3, -0.25) is 0 Å². The molecular weight excluding hydrogens is 341 g/mol. The maximum absolute atomic E-state index is 12.4. The molecule has 1 aliphatic rings. The zero-order valence-corrected chi connectivity index (χ0v) is 14.3. The molecule has 1 aromatic carbocycles. The SMILES string of the molecule is CCCc1c(C2CCCCN2)[nH]c2cc(OC(F)(F)F)ccc12.Cl. The smallest absolute Gasteiger partial charge is 0.406 e. The molecule has 3 rings (SSSR count). The number of aryl methyl sites for hydroxylation is 1. The summed E-state index contributed by atoms with van der Waals surface area (Å²) >= 11 is 0. The van der Waals surface area contributed by atoms with E-state index in [2.05, 4.69) is 22.0 Å². The molecule has 2 heterocycles. The monoisotopic (exact) mass is 362 g/mol. The fourth-order valence-electron chi connectivity index (χ4n) is 3.37. The highest BCUT2D eigenvalue weighted by Crippen LogP contribution is 2.34. The van der Waals surface area contributed by atoms with E-state index in [-0.39, 0.29) is 24.2 Å². The van der Waals surface area contributed by atoms with Crippen molar-refractivity contribution in [2.45, 2.75) is 51.4 Å². The Kier molecular flexibility index (Phi) is 6.04. The van der Waals surface area contributed by atoms with Gasteiger partial charge < -0.3 is 15.0 Å². The highest BCUT2D eigenvalue weighted by molar-refractivity contribution is 5.86. The summed E-state index contributed by atoms with van der Waals surface area (Å²) in [5, 5.41) is 4.50. The Morgan fingerprint density at radius 1 is 1.25 bits per heavy atom. The minimum Gasteiger partial charge on any atom is -0.406 e. The van der Waals surface area contributed by atoms with Crippen LogP contribution in [-0.2, 0) is 6.42 Å². The second-order valence-corrected chi connectivity index (χ2v) is 6.02. The molecule has 0 aliphatic carbocycles. The third kappa shape index (κ3) is 4.16. The normalized spacial score (nSPS) is 18.4. The van der Waals surface area contributed by atoms with Gasteiger partial charge in [-0.1, -0.05) is 19.8 Å². The van der Waals surface area contributed by atoms with Crippen molar-refractivity contribution in [3.8, 4) is 5.75 Å². The van der Waals surface area contributed by atoms with Crippen LogP contribution in [0.4, 0.5) is 13.2 Å². The van der Waals surface area contributed by atoms with E-state index in [9.17, 15) is 13.2 Å². The third-order valence-corrected chi connectivity index (χ3v) is 4.30. The average Bonchev–Trinajstić information content (AvgIpc) is 2.85. The van der Waals surface area contributed by atoms with Crippen molar-refractivity contribution in [3.63, 3.8) is 0 Å². The van der Waals surface area contributed by atoms with Crippen molar-refractivity contribution in [2.75, 3.05) is 6.54 Å². The molecule has 1 fully saturated rings. The molecule has 134 valence electrons. The van der Waals surface area contributed by atoms with Crippen molar-refractivity contribution in [1.29, 1.82) is 0 Å². The van der Waals surface area contributed by atoms with Crippen molar-refractivity contribution in [2.24, 2.45) is 0 Å². The Bertz CT molecular complexity index is 678. The molecule has 24 heavy (non-hydrogen) atoms. The molecule has 3 nitrogen and oxygen atoms in total. The summed E-state index contributed by atoms with van der Waals surface area (Å²) in [6.07, 6.45) is 0.626. The quantitative estimate of drug-likeness (QED) is 0.778. The van der Waals surface area contributed by atoms with Crippen LogP contribution in [0.25, 0.3) is 10.9 Å². The van der Waals surface area contributed by atoms with Gasteiger partial charge in [0.1, 0.15) is 5.75 Å². The molecule has 1 aliphatic heterocycles. The lowest BCUT2D eigenvalue weighted by molar-refractivity contribution is -0.274. The first-order valence-electron chi connectivity index (χ1n) is 8.11. The minimum atomic E-state index is -4.67. The van der Waals surface area contributed by atoms with E-state index in [0.29, 0.717) is 5.52 Å². The summed E-state index contributed by atoms with van der Waals surface area (Å²) in [5.41, 5.74) is 3.03. The maximum atomic E-state index is 12.4. The fraction of sp³-hybridized carbons (Fsp3) is 0.529. The van der Waals surface area contributed by atoms with Gasteiger partial charge in [-0.25, -0.2) is 0 Å². The van der Waals surface area contributed by atoms with Crippen LogP contribution in [0.1, 0.15) is 49.9 Å². The molecular formula is C17H22ClF3N2O. The summed E-state index contributed by atoms with van der Waals surface area (Å²) in [5.74, 6) is -0.183. The van der Waals surface area contributed by atoms with Crippen molar-refractivity contribution >= 4 is 23.3 Å². The number of hydrogen-bond donors (Lipinski definition) is 2. The first-order valence-corrected chi connectivity index (χ1v) is 8.11. The second kappa shape index (κ2) is 7.66. The van der Waals surface area contributed by atoms with E-state index < -0.39 is 6.36 Å². The predicted molar refractivity (Wildman–Crippen MR) is 90.8 cm³/mol. The molecule has 1 aromatic heterocycles. The van der Waals surface area contributed by atoms with Crippen molar-refractivity contribution < 1.29 is 17.9 Å². The summed E-state index contributed by atoms with van der Waals surface area (Å²) in [6, 6.07) is 4.81. The number of benzene rings is 1. The molecule has 1 atom stereocenters. The number of halogens is 4. The van der Waals surface area contributed by atoms with Gasteiger partial charge in [0.2, 0.25) is 0 Å². The van der Waals surface area contributed by atoms with Gasteiger partial charge in [0.25, 0.3) is 0 Å². The number of H-pyrrole nitrogens is 1. The van der Waals surface area contributed by atoms with Crippen LogP contribution in [-0.4, -0.2) is 17.9 Å². The first-order chi connectivity index (χ1) is 11.0. The number of aromatic amines is 1. The topological polar surface area (TPSA) is 37.0 Å². The largest absolute Gasteiger partial charge is 0.573 e. The summed E-state index contributed by atoms with van der Waals surface area (Å²) in [7, 11) is 0. The molecule has 2 aromatic rings. The number of alkyl halides is 3. The van der Waals surface area contributed by atoms with Gasteiger partial charge in [-0.2, -0.15) is 0 Å². The Hall–Kier alpha value is -1.40. The number of ether oxygens (including phenoxy) is 1. The molecule has 0 amide bonds. The molecule has 0 radical (unpaired) electrons. The van der Waals surface area contributed by atoms with E-state index in [0.717, 1.165) is 36.9 Å². The van der Waals surface area contributed by atoms with E-state index in [1.54, 1.807) is 6.07 Å². The second-order valence-electron chi connectivity index (χ2n) is 6.02. The number of nitrogens with one attached hydrogen (secondary N) is 2. The average molecular weight is 363 g/mol. The first kappa shape index (κ1) is 18.9. The van der Waals surface area contributed by atoms with Crippen molar-refractivity contribution in [1.82, 2.24) is 10.3 Å². The van der Waals surface area contributed by atoms with Gasteiger partial charge in [-0.05, 0) is 43.5 Å². The minimum absolute atomic E-state index is 0. The number of piperidine rings is 1. The molecule has 1 saturated heterocycles. The van der Waals surface area contributed by atoms with Crippen LogP contribution in [0.5, 0.6) is 5.75 Å². The zero-order chi connectivity index (χ0) is 16.4. The highest BCUT2D eigenvalue weighted by atomic mass is 35.5. The molecule has 7 heteroatoms. The number of hydrogen-bond acceptors (Lipinski definition) is 2. The standard InChI is InChI=1S/C17H21F3N2O.ClH/c1-2-5-13-12-8-7-11(23-17(18,19)20)10-15(12)22-16(13)14-6-3-4-9-21-14;/h7-8,10,14,21-22H,2-6,9H2,1H3;1H. The predicted octanol–water partition coefficient (Wildman–Crippen LogP) is 5.26. The van der Waals surface area contributed by atoms with E-state index >= 15 is 0 Å². The summed E-state index contributed by atoms with van der Waals surface area (Å²) in [4.78, 5) is 3.34. The van der Waals surface area contributed by atoms with Gasteiger partial charge in [-0.15, -0.1) is 25.6 Å². The summed E-state index contributed by atoms with van der Waals surface area (Å²) in [6.45, 7) is 3.09. The van der Waals surface area contributed by atoms with Crippen LogP contribution in [0.3, 0.4) is 0 Å². The fourth-order valence-corrected chi connectivity index (χ4v) is 3.37. The lowest BCUT2D eigenvalue weighted by Gasteiger charge is -2.24. The molecule has 0 spiro atoms. The van der Waals surface area contributed by atoms with Crippen LogP contribution in [0.2, 0.25) is 0 Å². The van der Waals surface area contributed by atoms with Crippen LogP contribution in [0.15, 0.2) is 18.2 Å². The number of fused-ring (bicyclic) bond motifs is 1. The van der Waals surface area contributed by atoms with Gasteiger partial charge in [0.15, 0.2) is 0 Å². The van der Waals surface area contributed by atoms with Crippen LogP contribution in [0, 0.1) is 0 Å². The van der Waals surface area contributed by atoms with Crippen molar-refractivity contribution in [3.05, 3.63) is 29.5 Å². The van der Waals surface area contributed by atoms with Gasteiger partial charge in [0.05, 0.1) is 0 Å². The Morgan fingerprint density at radius 2 is 2.04 bits per heavy atom. The zero-order valence-electron chi connectivity index (χ0n) is 13.5. The van der Waals surface area contributed by atoms with E-state index in [4.69, 9.17) is 0 Å². The van der Waals surface area contributed by atoms with Crippen LogP contribution >= 0.6 is 12.4 Å². The third-order valence-electron chi connectivity index (χ3n) is 4.30. The maximum Gasteiger partial charge on any atom is 0.573 e. The number of rotatable bonds is 4. The summed E-state index contributed by atoms with van der Waals surface area (Å²) < 4.78 is 41.2. The molecule has 0 bridgehead atoms.